The summed E-state index contributed by atoms with van der Waals surface area (Å²) < 4.78 is 0. The molecule has 98 valence electrons. The first-order chi connectivity index (χ1) is 8.15. The van der Waals surface area contributed by atoms with Gasteiger partial charge in [0.05, 0.1) is 12.5 Å². The smallest absolute Gasteiger partial charge is 0.306 e. The Kier molecular flexibility index (Phi) is 5.97. The highest BCUT2D eigenvalue weighted by Crippen LogP contribution is 2.31. The molecule has 5 heteroatoms. The minimum atomic E-state index is -0.704. The van der Waals surface area contributed by atoms with Gasteiger partial charge < -0.3 is 15.7 Å². The van der Waals surface area contributed by atoms with E-state index in [-0.39, 0.29) is 24.3 Å². The van der Waals surface area contributed by atoms with Crippen LogP contribution in [0.4, 0.5) is 0 Å². The summed E-state index contributed by atoms with van der Waals surface area (Å²) in [6, 6.07) is 0. The molecule has 1 rings (SSSR count). The lowest BCUT2D eigenvalue weighted by Crippen LogP contribution is -2.37. The highest BCUT2D eigenvalue weighted by Gasteiger charge is 2.32. The van der Waals surface area contributed by atoms with E-state index in [0.717, 1.165) is 25.7 Å². The van der Waals surface area contributed by atoms with Crippen molar-refractivity contribution in [1.29, 1.82) is 0 Å². The summed E-state index contributed by atoms with van der Waals surface area (Å²) in [5.74, 6) is -0.783. The van der Waals surface area contributed by atoms with Crippen LogP contribution in [0.15, 0.2) is 0 Å². The average Bonchev–Trinajstić information content (AvgIpc) is 2.74. The number of hydrogen-bond acceptors (Lipinski definition) is 3. The molecule has 1 fully saturated rings. The molecule has 0 aromatic heterocycles. The maximum absolute atomic E-state index is 11.3. The molecule has 1 aliphatic rings. The molecule has 0 heterocycles. The highest BCUT2D eigenvalue weighted by atomic mass is 16.4. The van der Waals surface area contributed by atoms with Crippen molar-refractivity contribution in [3.63, 3.8) is 0 Å². The summed E-state index contributed by atoms with van der Waals surface area (Å²) in [5, 5.41) is 14.8. The fourth-order valence-electron chi connectivity index (χ4n) is 2.30. The van der Waals surface area contributed by atoms with Crippen LogP contribution in [0.3, 0.4) is 0 Å². The number of rotatable bonds is 7. The largest absolute Gasteiger partial charge is 0.481 e. The lowest BCUT2D eigenvalue weighted by atomic mass is 9.96. The lowest BCUT2D eigenvalue weighted by Gasteiger charge is -2.16. The number of carbonyl (C=O) groups excluding carboxylic acids is 1. The lowest BCUT2D eigenvalue weighted by molar-refractivity contribution is -0.142. The number of carbonyl (C=O) groups is 2. The van der Waals surface area contributed by atoms with Crippen molar-refractivity contribution < 1.29 is 14.7 Å². The fraction of sp³-hybridized carbons (Fsp3) is 0.833. The molecule has 0 spiro atoms. The molecule has 0 aromatic rings. The molecule has 2 atom stereocenters. The van der Waals surface area contributed by atoms with Crippen molar-refractivity contribution in [2.75, 3.05) is 19.6 Å². The van der Waals surface area contributed by atoms with E-state index in [9.17, 15) is 9.59 Å². The van der Waals surface area contributed by atoms with Gasteiger partial charge in [-0.1, -0.05) is 13.3 Å². The van der Waals surface area contributed by atoms with Gasteiger partial charge >= 0.3 is 5.97 Å². The van der Waals surface area contributed by atoms with Crippen molar-refractivity contribution in [2.45, 2.75) is 32.6 Å². The maximum atomic E-state index is 11.3. The highest BCUT2D eigenvalue weighted by molar-refractivity contribution is 5.77. The van der Waals surface area contributed by atoms with Crippen LogP contribution < -0.4 is 10.6 Å². The second kappa shape index (κ2) is 7.27. The summed E-state index contributed by atoms with van der Waals surface area (Å²) in [7, 11) is 0. The molecule has 3 N–H and O–H groups in total. The summed E-state index contributed by atoms with van der Waals surface area (Å²) >= 11 is 0. The number of carboxylic acids is 1. The Morgan fingerprint density at radius 1 is 1.35 bits per heavy atom. The van der Waals surface area contributed by atoms with Gasteiger partial charge in [-0.25, -0.2) is 0 Å². The molecular weight excluding hydrogens is 220 g/mol. The van der Waals surface area contributed by atoms with Crippen molar-refractivity contribution >= 4 is 11.9 Å². The van der Waals surface area contributed by atoms with Crippen LogP contribution in [-0.2, 0) is 9.59 Å². The topological polar surface area (TPSA) is 78.4 Å². The van der Waals surface area contributed by atoms with Crippen molar-refractivity contribution in [3.05, 3.63) is 0 Å². The fourth-order valence-corrected chi connectivity index (χ4v) is 2.30. The zero-order valence-corrected chi connectivity index (χ0v) is 10.4. The van der Waals surface area contributed by atoms with Gasteiger partial charge in [0.25, 0.3) is 0 Å². The van der Waals surface area contributed by atoms with E-state index in [2.05, 4.69) is 10.6 Å². The molecule has 1 aliphatic carbocycles. The molecule has 0 aliphatic heterocycles. The molecular formula is C12H22N2O3. The second-order valence-electron chi connectivity index (χ2n) is 4.62. The monoisotopic (exact) mass is 242 g/mol. The number of amides is 1. The quantitative estimate of drug-likeness (QED) is 0.611. The predicted octanol–water partition coefficient (Wildman–Crippen LogP) is 0.603. The standard InChI is InChI=1S/C12H22N2O3/c1-2-6-14-11(15)8-13-7-9-4-3-5-10(9)12(16)17/h9-10,13H,2-8H2,1H3,(H,14,15)(H,16,17). The van der Waals surface area contributed by atoms with E-state index in [1.807, 2.05) is 6.92 Å². The van der Waals surface area contributed by atoms with E-state index in [4.69, 9.17) is 5.11 Å². The average molecular weight is 242 g/mol. The van der Waals surface area contributed by atoms with Crippen LogP contribution in [0.5, 0.6) is 0 Å². The van der Waals surface area contributed by atoms with E-state index in [1.54, 1.807) is 0 Å². The maximum Gasteiger partial charge on any atom is 0.306 e. The van der Waals surface area contributed by atoms with Crippen molar-refractivity contribution in [1.82, 2.24) is 10.6 Å². The molecule has 0 aromatic carbocycles. The molecule has 0 bridgehead atoms. The Morgan fingerprint density at radius 2 is 2.12 bits per heavy atom. The molecule has 1 amide bonds. The minimum Gasteiger partial charge on any atom is -0.481 e. The zero-order valence-electron chi connectivity index (χ0n) is 10.4. The molecule has 17 heavy (non-hydrogen) atoms. The molecule has 2 unspecified atom stereocenters. The Morgan fingerprint density at radius 3 is 2.76 bits per heavy atom. The summed E-state index contributed by atoms with van der Waals surface area (Å²) in [6.45, 7) is 3.60. The molecule has 1 saturated carbocycles. The number of hydrogen-bond donors (Lipinski definition) is 3. The van der Waals surface area contributed by atoms with E-state index >= 15 is 0 Å². The van der Waals surface area contributed by atoms with Gasteiger partial charge in [0.2, 0.25) is 5.91 Å². The van der Waals surface area contributed by atoms with Gasteiger partial charge in [-0.05, 0) is 31.7 Å². The number of aliphatic carboxylic acids is 1. The van der Waals surface area contributed by atoms with Crippen LogP contribution in [0, 0.1) is 11.8 Å². The van der Waals surface area contributed by atoms with Crippen molar-refractivity contribution in [3.8, 4) is 0 Å². The number of carboxylic acid groups (broad SMARTS) is 1. The normalized spacial score (nSPS) is 23.6. The second-order valence-corrected chi connectivity index (χ2v) is 4.62. The zero-order chi connectivity index (χ0) is 12.7. The van der Waals surface area contributed by atoms with Gasteiger partial charge in [-0.3, -0.25) is 9.59 Å². The SMILES string of the molecule is CCCNC(=O)CNCC1CCCC1C(=O)O. The van der Waals surface area contributed by atoms with E-state index in [0.29, 0.717) is 13.1 Å². The van der Waals surface area contributed by atoms with Gasteiger partial charge in [0.1, 0.15) is 0 Å². The first kappa shape index (κ1) is 14.0. The first-order valence-electron chi connectivity index (χ1n) is 6.35. The van der Waals surface area contributed by atoms with Gasteiger partial charge in [0.15, 0.2) is 0 Å². The third-order valence-electron chi connectivity index (χ3n) is 3.24. The van der Waals surface area contributed by atoms with Crippen LogP contribution in [-0.4, -0.2) is 36.6 Å². The summed E-state index contributed by atoms with van der Waals surface area (Å²) in [4.78, 5) is 22.2. The Bertz CT molecular complexity index is 268. The Hall–Kier alpha value is -1.10. The van der Waals surface area contributed by atoms with Crippen LogP contribution in [0.1, 0.15) is 32.6 Å². The van der Waals surface area contributed by atoms with Crippen molar-refractivity contribution in [2.24, 2.45) is 11.8 Å². The van der Waals surface area contributed by atoms with E-state index in [1.165, 1.54) is 0 Å². The molecule has 5 nitrogen and oxygen atoms in total. The molecule has 0 saturated heterocycles. The minimum absolute atomic E-state index is 0.0169. The third kappa shape index (κ3) is 4.73. The third-order valence-corrected chi connectivity index (χ3v) is 3.24. The first-order valence-corrected chi connectivity index (χ1v) is 6.35. The summed E-state index contributed by atoms with van der Waals surface area (Å²) in [5.41, 5.74) is 0. The number of nitrogens with one attached hydrogen (secondary N) is 2. The Labute approximate surface area is 102 Å². The van der Waals surface area contributed by atoms with Crippen LogP contribution >= 0.6 is 0 Å². The Balaban J connectivity index is 2.17. The van der Waals surface area contributed by atoms with Crippen LogP contribution in [0.25, 0.3) is 0 Å². The predicted molar refractivity (Wildman–Crippen MR) is 64.6 cm³/mol. The van der Waals surface area contributed by atoms with Gasteiger partial charge in [-0.2, -0.15) is 0 Å². The van der Waals surface area contributed by atoms with E-state index < -0.39 is 5.97 Å². The molecule has 0 radical (unpaired) electrons. The van der Waals surface area contributed by atoms with Gasteiger partial charge in [0, 0.05) is 6.54 Å². The summed E-state index contributed by atoms with van der Waals surface area (Å²) in [6.07, 6.45) is 3.62. The van der Waals surface area contributed by atoms with Gasteiger partial charge in [-0.15, -0.1) is 0 Å². The van der Waals surface area contributed by atoms with Crippen LogP contribution in [0.2, 0.25) is 0 Å².